The van der Waals surface area contributed by atoms with Gasteiger partial charge < -0.3 is 10.8 Å². The van der Waals surface area contributed by atoms with Crippen LogP contribution < -0.4 is 5.73 Å². The van der Waals surface area contributed by atoms with Crippen LogP contribution in [0.15, 0.2) is 0 Å². The van der Waals surface area contributed by atoms with Crippen LogP contribution in [0.2, 0.25) is 0 Å². The molecule has 1 aliphatic rings. The molecule has 0 aromatic carbocycles. The minimum atomic E-state index is -0.459. The Morgan fingerprint density at radius 1 is 1.75 bits per heavy atom. The lowest BCUT2D eigenvalue weighted by Crippen LogP contribution is -2.23. The molecule has 1 rings (SSSR count). The van der Waals surface area contributed by atoms with Crippen molar-refractivity contribution >= 4 is 0 Å². The van der Waals surface area contributed by atoms with Crippen molar-refractivity contribution in [3.8, 4) is 0 Å². The molecule has 1 unspecified atom stereocenters. The molecule has 0 heterocycles. The highest BCUT2D eigenvalue weighted by molar-refractivity contribution is 4.86. The molecule has 0 spiro atoms. The quantitative estimate of drug-likeness (QED) is 0.475. The maximum atomic E-state index is 9.28. The van der Waals surface area contributed by atoms with Gasteiger partial charge in [0.15, 0.2) is 0 Å². The highest BCUT2D eigenvalue weighted by Gasteiger charge is 2.30. The average Bonchev–Trinajstić information content (AvgIpc) is 1.82. The van der Waals surface area contributed by atoms with Gasteiger partial charge in [-0.1, -0.05) is 0 Å². The molecule has 2 nitrogen and oxygen atoms in total. The molecule has 1 fully saturated rings. The van der Waals surface area contributed by atoms with Crippen molar-refractivity contribution in [1.29, 1.82) is 0 Å². The molecule has 3 N–H and O–H groups in total. The number of nitrogens with two attached hydrogens (primary N) is 1. The van der Waals surface area contributed by atoms with Gasteiger partial charge in [0.2, 0.25) is 0 Å². The third kappa shape index (κ3) is 1.20. The Balaban J connectivity index is 2.44. The second-order valence-corrected chi connectivity index (χ2v) is 3.00. The molecule has 0 aliphatic heterocycles. The van der Waals surface area contributed by atoms with Gasteiger partial charge in [0.05, 0.1) is 5.60 Å². The van der Waals surface area contributed by atoms with E-state index in [1.165, 1.54) is 0 Å². The van der Waals surface area contributed by atoms with Crippen molar-refractivity contribution in [3.05, 3.63) is 0 Å². The van der Waals surface area contributed by atoms with E-state index in [9.17, 15) is 5.11 Å². The van der Waals surface area contributed by atoms with Crippen molar-refractivity contribution in [2.75, 3.05) is 0 Å². The van der Waals surface area contributed by atoms with Crippen LogP contribution in [-0.2, 0) is 0 Å². The summed E-state index contributed by atoms with van der Waals surface area (Å²) in [5, 5.41) is 9.28. The fourth-order valence-electron chi connectivity index (χ4n) is 1.27. The van der Waals surface area contributed by atoms with Gasteiger partial charge in [-0.25, -0.2) is 0 Å². The second-order valence-electron chi connectivity index (χ2n) is 3.00. The molecular formula is C6H13NO. The maximum Gasteiger partial charge on any atom is 0.0635 e. The Hall–Kier alpha value is -0.0800. The van der Waals surface area contributed by atoms with Crippen molar-refractivity contribution in [2.45, 2.75) is 37.8 Å². The van der Waals surface area contributed by atoms with Crippen LogP contribution in [0.1, 0.15) is 26.2 Å². The van der Waals surface area contributed by atoms with Gasteiger partial charge in [-0.05, 0) is 26.2 Å². The number of aliphatic hydroxyl groups is 1. The first-order chi connectivity index (χ1) is 3.60. The molecule has 0 radical (unpaired) electrons. The molecule has 0 bridgehead atoms. The molecule has 48 valence electrons. The summed E-state index contributed by atoms with van der Waals surface area (Å²) in [6, 6.07) is 0.241. The van der Waals surface area contributed by atoms with Crippen molar-refractivity contribution < 1.29 is 5.11 Å². The van der Waals surface area contributed by atoms with Crippen LogP contribution in [-0.4, -0.2) is 16.7 Å². The second kappa shape index (κ2) is 1.71. The van der Waals surface area contributed by atoms with Gasteiger partial charge in [-0.15, -0.1) is 0 Å². The van der Waals surface area contributed by atoms with Gasteiger partial charge in [-0.2, -0.15) is 0 Å². The zero-order valence-electron chi connectivity index (χ0n) is 5.22. The molecule has 2 atom stereocenters. The van der Waals surface area contributed by atoms with Crippen LogP contribution in [0.5, 0.6) is 0 Å². The van der Waals surface area contributed by atoms with Crippen LogP contribution in [0.25, 0.3) is 0 Å². The lowest BCUT2D eigenvalue weighted by atomic mass is 10.1. The fourth-order valence-corrected chi connectivity index (χ4v) is 1.27. The van der Waals surface area contributed by atoms with Crippen LogP contribution in [0, 0.1) is 0 Å². The lowest BCUT2D eigenvalue weighted by molar-refractivity contribution is 0.0667. The normalized spacial score (nSPS) is 47.6. The van der Waals surface area contributed by atoms with Crippen LogP contribution in [0.4, 0.5) is 0 Å². The van der Waals surface area contributed by atoms with E-state index in [0.29, 0.717) is 0 Å². The molecule has 2 heteroatoms. The summed E-state index contributed by atoms with van der Waals surface area (Å²) in [6.07, 6.45) is 2.62. The summed E-state index contributed by atoms with van der Waals surface area (Å²) < 4.78 is 0. The number of hydrogen-bond donors (Lipinski definition) is 2. The van der Waals surface area contributed by atoms with E-state index in [0.717, 1.165) is 19.3 Å². The molecule has 0 aromatic rings. The first-order valence-electron chi connectivity index (χ1n) is 3.08. The minimum absolute atomic E-state index is 0.241. The van der Waals surface area contributed by atoms with E-state index in [1.807, 2.05) is 6.92 Å². The predicted octanol–water partition coefficient (Wildman–Crippen LogP) is 0.249. The van der Waals surface area contributed by atoms with Crippen molar-refractivity contribution in [2.24, 2.45) is 5.73 Å². The zero-order valence-corrected chi connectivity index (χ0v) is 5.22. The molecule has 8 heavy (non-hydrogen) atoms. The van der Waals surface area contributed by atoms with Gasteiger partial charge in [0.25, 0.3) is 0 Å². The molecule has 0 amide bonds. The van der Waals surface area contributed by atoms with E-state index in [2.05, 4.69) is 0 Å². The van der Waals surface area contributed by atoms with Gasteiger partial charge in [0.1, 0.15) is 0 Å². The average molecular weight is 115 g/mol. The molecule has 0 saturated heterocycles. The van der Waals surface area contributed by atoms with Crippen LogP contribution >= 0.6 is 0 Å². The van der Waals surface area contributed by atoms with E-state index in [-0.39, 0.29) is 6.04 Å². The smallest absolute Gasteiger partial charge is 0.0635 e. The first-order valence-corrected chi connectivity index (χ1v) is 3.08. The molecular weight excluding hydrogens is 102 g/mol. The molecule has 1 saturated carbocycles. The van der Waals surface area contributed by atoms with E-state index in [1.54, 1.807) is 0 Å². The van der Waals surface area contributed by atoms with Crippen molar-refractivity contribution in [3.63, 3.8) is 0 Å². The molecule has 1 aliphatic carbocycles. The van der Waals surface area contributed by atoms with E-state index < -0.39 is 5.60 Å². The largest absolute Gasteiger partial charge is 0.390 e. The minimum Gasteiger partial charge on any atom is -0.390 e. The predicted molar refractivity (Wildman–Crippen MR) is 32.5 cm³/mol. The summed E-state index contributed by atoms with van der Waals surface area (Å²) >= 11 is 0. The standard InChI is InChI=1S/C6H13NO/c1-6(8)3-2-5(7)4-6/h5,8H,2-4,7H2,1H3/t5-,6?/m0/s1. The fraction of sp³-hybridized carbons (Fsp3) is 1.00. The summed E-state index contributed by atoms with van der Waals surface area (Å²) in [5.41, 5.74) is 5.09. The van der Waals surface area contributed by atoms with Gasteiger partial charge in [0, 0.05) is 6.04 Å². The Bertz CT molecular complexity index is 90.5. The topological polar surface area (TPSA) is 46.2 Å². The summed E-state index contributed by atoms with van der Waals surface area (Å²) in [7, 11) is 0. The Morgan fingerprint density at radius 2 is 2.38 bits per heavy atom. The highest BCUT2D eigenvalue weighted by atomic mass is 16.3. The summed E-state index contributed by atoms with van der Waals surface area (Å²) in [6.45, 7) is 1.85. The third-order valence-electron chi connectivity index (χ3n) is 1.76. The molecule has 0 aromatic heterocycles. The maximum absolute atomic E-state index is 9.28. The number of hydrogen-bond acceptors (Lipinski definition) is 2. The monoisotopic (exact) mass is 115 g/mol. The Labute approximate surface area is 49.7 Å². The lowest BCUT2D eigenvalue weighted by Gasteiger charge is -2.13. The zero-order chi connectivity index (χ0) is 6.20. The summed E-state index contributed by atoms with van der Waals surface area (Å²) in [5.74, 6) is 0. The van der Waals surface area contributed by atoms with Gasteiger partial charge >= 0.3 is 0 Å². The van der Waals surface area contributed by atoms with Crippen molar-refractivity contribution in [1.82, 2.24) is 0 Å². The first kappa shape index (κ1) is 6.05. The SMILES string of the molecule is CC1(O)CC[C@H](N)C1. The highest BCUT2D eigenvalue weighted by Crippen LogP contribution is 2.27. The third-order valence-corrected chi connectivity index (χ3v) is 1.76. The van der Waals surface area contributed by atoms with E-state index in [4.69, 9.17) is 5.73 Å². The number of rotatable bonds is 0. The van der Waals surface area contributed by atoms with E-state index >= 15 is 0 Å². The Kier molecular flexibility index (Phi) is 1.29. The van der Waals surface area contributed by atoms with Crippen LogP contribution in [0.3, 0.4) is 0 Å². The Morgan fingerprint density at radius 3 is 2.50 bits per heavy atom. The van der Waals surface area contributed by atoms with Gasteiger partial charge in [-0.3, -0.25) is 0 Å². The summed E-state index contributed by atoms with van der Waals surface area (Å²) in [4.78, 5) is 0.